The van der Waals surface area contributed by atoms with Crippen LogP contribution in [0.1, 0.15) is 16.1 Å². The third-order valence-corrected chi connectivity index (χ3v) is 5.55. The van der Waals surface area contributed by atoms with Crippen LogP contribution in [0, 0.1) is 0 Å². The smallest absolute Gasteiger partial charge is 0.433 e. The number of anilines is 1. The third kappa shape index (κ3) is 6.39. The number of hydrogen-bond acceptors (Lipinski definition) is 7. The number of ether oxygens (including phenoxy) is 2. The Hall–Kier alpha value is -3.31. The second-order valence-corrected chi connectivity index (χ2v) is 8.02. The fourth-order valence-electron chi connectivity index (χ4n) is 2.73. The lowest BCUT2D eigenvalue weighted by Crippen LogP contribution is -2.16. The molecule has 12 heteroatoms. The van der Waals surface area contributed by atoms with E-state index in [0.29, 0.717) is 11.3 Å². The number of halogens is 4. The Morgan fingerprint density at radius 2 is 1.76 bits per heavy atom. The van der Waals surface area contributed by atoms with Gasteiger partial charge in [-0.25, -0.2) is 14.8 Å². The van der Waals surface area contributed by atoms with Gasteiger partial charge in [-0.3, -0.25) is 4.79 Å². The van der Waals surface area contributed by atoms with Gasteiger partial charge in [-0.15, -0.1) is 0 Å². The number of carbonyl (C=O) groups excluding carboxylic acids is 2. The summed E-state index contributed by atoms with van der Waals surface area (Å²) < 4.78 is 49.9. The molecular formula is C22H17ClF3N3O4S. The first-order valence-corrected chi connectivity index (χ1v) is 10.9. The maximum atomic E-state index is 13.4. The van der Waals surface area contributed by atoms with Crippen LogP contribution in [-0.4, -0.2) is 41.8 Å². The molecule has 0 unspecified atom stereocenters. The Labute approximate surface area is 201 Å². The molecule has 1 aromatic heterocycles. The molecule has 0 radical (unpaired) electrons. The minimum atomic E-state index is -4.70. The standard InChI is InChI=1S/C22H17ClF3N3O4S/c1-32-14-6-3-12(4-7-14)16-10-18(22(24,25)26)29-21(28-16)34-11-19(30)27-17-9-13(20(31)33-2)5-8-15(17)23/h3-10H,11H2,1-2H3,(H,27,30). The highest BCUT2D eigenvalue weighted by atomic mass is 35.5. The first-order valence-electron chi connectivity index (χ1n) is 9.52. The molecule has 3 aromatic rings. The zero-order chi connectivity index (χ0) is 24.9. The maximum Gasteiger partial charge on any atom is 0.433 e. The maximum absolute atomic E-state index is 13.4. The van der Waals surface area contributed by atoms with E-state index in [-0.39, 0.29) is 32.9 Å². The molecular weight excluding hydrogens is 495 g/mol. The molecule has 0 fully saturated rings. The van der Waals surface area contributed by atoms with Crippen LogP contribution in [0.25, 0.3) is 11.3 Å². The highest BCUT2D eigenvalue weighted by molar-refractivity contribution is 7.99. The van der Waals surface area contributed by atoms with E-state index in [4.69, 9.17) is 16.3 Å². The van der Waals surface area contributed by atoms with Crippen LogP contribution in [0.2, 0.25) is 5.02 Å². The fraction of sp³-hybridized carbons (Fsp3) is 0.182. The third-order valence-electron chi connectivity index (χ3n) is 4.38. The first-order chi connectivity index (χ1) is 16.1. The lowest BCUT2D eigenvalue weighted by Gasteiger charge is -2.11. The normalized spacial score (nSPS) is 11.1. The van der Waals surface area contributed by atoms with Crippen LogP contribution in [0.4, 0.5) is 18.9 Å². The molecule has 1 amide bonds. The molecule has 3 rings (SSSR count). The molecule has 0 aliphatic heterocycles. The summed E-state index contributed by atoms with van der Waals surface area (Å²) in [5, 5.41) is 2.45. The van der Waals surface area contributed by atoms with Crippen molar-refractivity contribution in [3.8, 4) is 17.0 Å². The van der Waals surface area contributed by atoms with E-state index in [1.807, 2.05) is 0 Å². The zero-order valence-corrected chi connectivity index (χ0v) is 19.3. The quantitative estimate of drug-likeness (QED) is 0.260. The van der Waals surface area contributed by atoms with Crippen LogP contribution in [0.5, 0.6) is 5.75 Å². The van der Waals surface area contributed by atoms with Crippen molar-refractivity contribution in [1.82, 2.24) is 9.97 Å². The molecule has 0 spiro atoms. The van der Waals surface area contributed by atoms with Gasteiger partial charge >= 0.3 is 12.1 Å². The fourth-order valence-corrected chi connectivity index (χ4v) is 3.55. The Balaban J connectivity index is 1.79. The van der Waals surface area contributed by atoms with E-state index in [9.17, 15) is 22.8 Å². The number of carbonyl (C=O) groups is 2. The number of alkyl halides is 3. The molecule has 2 aromatic carbocycles. The lowest BCUT2D eigenvalue weighted by atomic mass is 10.1. The minimum absolute atomic E-state index is 0.0432. The predicted octanol–water partition coefficient (Wildman–Crippen LogP) is 5.34. The number of nitrogens with zero attached hydrogens (tertiary/aromatic N) is 2. The highest BCUT2D eigenvalue weighted by Gasteiger charge is 2.34. The summed E-state index contributed by atoms with van der Waals surface area (Å²) >= 11 is 6.78. The van der Waals surface area contributed by atoms with Crippen molar-refractivity contribution < 1.29 is 32.2 Å². The van der Waals surface area contributed by atoms with Crippen LogP contribution in [0.15, 0.2) is 53.7 Å². The van der Waals surface area contributed by atoms with Gasteiger partial charge in [0.15, 0.2) is 5.16 Å². The second kappa shape index (κ2) is 10.7. The molecule has 7 nitrogen and oxygen atoms in total. The Morgan fingerprint density at radius 3 is 2.38 bits per heavy atom. The van der Waals surface area contributed by atoms with Crippen LogP contribution in [-0.2, 0) is 15.7 Å². The molecule has 1 heterocycles. The van der Waals surface area contributed by atoms with E-state index in [0.717, 1.165) is 17.8 Å². The van der Waals surface area contributed by atoms with Crippen molar-refractivity contribution in [3.05, 3.63) is 64.8 Å². The first kappa shape index (κ1) is 25.3. The number of aromatic nitrogens is 2. The van der Waals surface area contributed by atoms with E-state index in [2.05, 4.69) is 20.0 Å². The number of esters is 1. The summed E-state index contributed by atoms with van der Waals surface area (Å²) in [5.74, 6) is -0.969. The van der Waals surface area contributed by atoms with E-state index >= 15 is 0 Å². The largest absolute Gasteiger partial charge is 0.497 e. The molecule has 0 bridgehead atoms. The summed E-state index contributed by atoms with van der Waals surface area (Å²) in [6.07, 6.45) is -4.70. The van der Waals surface area contributed by atoms with Gasteiger partial charge in [0.25, 0.3) is 0 Å². The van der Waals surface area contributed by atoms with Gasteiger partial charge in [0.05, 0.1) is 41.9 Å². The summed E-state index contributed by atoms with van der Waals surface area (Å²) in [6, 6.07) is 11.3. The van der Waals surface area contributed by atoms with Gasteiger partial charge in [0, 0.05) is 5.56 Å². The Bertz CT molecular complexity index is 1210. The summed E-state index contributed by atoms with van der Waals surface area (Å²) in [4.78, 5) is 31.8. The topological polar surface area (TPSA) is 90.4 Å². The number of rotatable bonds is 7. The van der Waals surface area contributed by atoms with Gasteiger partial charge < -0.3 is 14.8 Å². The van der Waals surface area contributed by atoms with Gasteiger partial charge in [-0.05, 0) is 48.5 Å². The average molecular weight is 512 g/mol. The molecule has 34 heavy (non-hydrogen) atoms. The zero-order valence-electron chi connectivity index (χ0n) is 17.8. The molecule has 0 aliphatic carbocycles. The molecule has 0 atom stereocenters. The van der Waals surface area contributed by atoms with Crippen LogP contribution < -0.4 is 10.1 Å². The van der Waals surface area contributed by atoms with Crippen molar-refractivity contribution in [2.45, 2.75) is 11.3 Å². The summed E-state index contributed by atoms with van der Waals surface area (Å²) in [5.41, 5.74) is -0.350. The highest BCUT2D eigenvalue weighted by Crippen LogP contribution is 2.32. The number of benzene rings is 2. The molecule has 0 saturated carbocycles. The molecule has 0 saturated heterocycles. The summed E-state index contributed by atoms with van der Waals surface area (Å²) in [6.45, 7) is 0. The molecule has 0 aliphatic rings. The summed E-state index contributed by atoms with van der Waals surface area (Å²) in [7, 11) is 2.68. The van der Waals surface area contributed by atoms with Crippen molar-refractivity contribution >= 4 is 40.9 Å². The SMILES string of the molecule is COC(=O)c1ccc(Cl)c(NC(=O)CSc2nc(-c3ccc(OC)cc3)cc(C(F)(F)F)n2)c1. The molecule has 178 valence electrons. The Kier molecular flexibility index (Phi) is 8.00. The van der Waals surface area contributed by atoms with Crippen molar-refractivity contribution in [2.24, 2.45) is 0 Å². The second-order valence-electron chi connectivity index (χ2n) is 6.67. The van der Waals surface area contributed by atoms with Gasteiger partial charge in [0.2, 0.25) is 5.91 Å². The predicted molar refractivity (Wildman–Crippen MR) is 121 cm³/mol. The van der Waals surface area contributed by atoms with Crippen molar-refractivity contribution in [3.63, 3.8) is 0 Å². The van der Waals surface area contributed by atoms with Gasteiger partial charge in [-0.1, -0.05) is 23.4 Å². The molecule has 1 N–H and O–H groups in total. The van der Waals surface area contributed by atoms with Gasteiger partial charge in [0.1, 0.15) is 11.4 Å². The van der Waals surface area contributed by atoms with Crippen molar-refractivity contribution in [2.75, 3.05) is 25.3 Å². The lowest BCUT2D eigenvalue weighted by molar-refractivity contribution is -0.141. The van der Waals surface area contributed by atoms with E-state index in [1.165, 1.54) is 32.4 Å². The van der Waals surface area contributed by atoms with Crippen LogP contribution >= 0.6 is 23.4 Å². The van der Waals surface area contributed by atoms with Crippen LogP contribution in [0.3, 0.4) is 0 Å². The number of nitrogens with one attached hydrogen (secondary N) is 1. The number of methoxy groups -OCH3 is 2. The van der Waals surface area contributed by atoms with E-state index in [1.54, 1.807) is 24.3 Å². The number of thioether (sulfide) groups is 1. The van der Waals surface area contributed by atoms with E-state index < -0.39 is 23.7 Å². The van der Waals surface area contributed by atoms with Gasteiger partial charge in [-0.2, -0.15) is 13.2 Å². The minimum Gasteiger partial charge on any atom is -0.497 e. The Morgan fingerprint density at radius 1 is 1.06 bits per heavy atom. The average Bonchev–Trinajstić information content (AvgIpc) is 2.83. The number of amides is 1. The monoisotopic (exact) mass is 511 g/mol. The van der Waals surface area contributed by atoms with Crippen molar-refractivity contribution in [1.29, 1.82) is 0 Å². The number of hydrogen-bond donors (Lipinski definition) is 1.